The van der Waals surface area contributed by atoms with Gasteiger partial charge in [-0.2, -0.15) is 0 Å². The number of carbonyl (C=O) groups excluding carboxylic acids is 2. The van der Waals surface area contributed by atoms with Crippen LogP contribution < -0.4 is 14.4 Å². The maximum Gasteiger partial charge on any atom is 0.338 e. The van der Waals surface area contributed by atoms with Crippen LogP contribution in [-0.4, -0.2) is 37.7 Å². The monoisotopic (exact) mass is 385 g/mol. The van der Waals surface area contributed by atoms with E-state index >= 15 is 0 Å². The van der Waals surface area contributed by atoms with Gasteiger partial charge in [-0.25, -0.2) is 4.79 Å². The van der Waals surface area contributed by atoms with Crippen LogP contribution in [0.15, 0.2) is 48.5 Å². The summed E-state index contributed by atoms with van der Waals surface area (Å²) in [6, 6.07) is 14.0. The molecule has 0 bridgehead atoms. The van der Waals surface area contributed by atoms with Crippen molar-refractivity contribution in [2.75, 3.05) is 18.6 Å². The molecule has 0 aromatic heterocycles. The first kappa shape index (κ1) is 21.3. The highest BCUT2D eigenvalue weighted by Crippen LogP contribution is 2.29. The zero-order valence-corrected chi connectivity index (χ0v) is 17.0. The van der Waals surface area contributed by atoms with Crippen LogP contribution >= 0.6 is 0 Å². The smallest absolute Gasteiger partial charge is 0.338 e. The van der Waals surface area contributed by atoms with Gasteiger partial charge in [0.05, 0.1) is 18.8 Å². The molecule has 2 aromatic carbocycles. The molecule has 0 aliphatic rings. The van der Waals surface area contributed by atoms with Crippen LogP contribution in [-0.2, 0) is 9.53 Å². The standard InChI is InChI=1S/C22H27NO5/c1-15(2)23(18-9-7-6-8-10-18)21(24)14-27-22(25)17-11-12-19(28-16(3)4)20(13-17)26-5/h6-13,15-16H,14H2,1-5H3. The van der Waals surface area contributed by atoms with E-state index in [9.17, 15) is 9.59 Å². The van der Waals surface area contributed by atoms with Gasteiger partial charge in [-0.15, -0.1) is 0 Å². The maximum atomic E-state index is 12.6. The predicted molar refractivity (Wildman–Crippen MR) is 108 cm³/mol. The van der Waals surface area contributed by atoms with Crippen LogP contribution in [0.4, 0.5) is 5.69 Å². The van der Waals surface area contributed by atoms with E-state index in [4.69, 9.17) is 14.2 Å². The van der Waals surface area contributed by atoms with Gasteiger partial charge in [-0.3, -0.25) is 4.79 Å². The van der Waals surface area contributed by atoms with E-state index in [0.29, 0.717) is 11.5 Å². The molecule has 28 heavy (non-hydrogen) atoms. The van der Waals surface area contributed by atoms with Gasteiger partial charge < -0.3 is 19.1 Å². The Balaban J connectivity index is 2.07. The molecule has 2 rings (SSSR count). The number of benzene rings is 2. The van der Waals surface area contributed by atoms with Crippen LogP contribution in [0.3, 0.4) is 0 Å². The maximum absolute atomic E-state index is 12.6. The predicted octanol–water partition coefficient (Wildman–Crippen LogP) is 4.08. The van der Waals surface area contributed by atoms with E-state index in [0.717, 1.165) is 5.69 Å². The Morgan fingerprint density at radius 1 is 0.964 bits per heavy atom. The summed E-state index contributed by atoms with van der Waals surface area (Å²) in [6.45, 7) is 7.27. The van der Waals surface area contributed by atoms with E-state index in [-0.39, 0.29) is 30.2 Å². The molecule has 0 N–H and O–H groups in total. The fourth-order valence-corrected chi connectivity index (χ4v) is 2.74. The van der Waals surface area contributed by atoms with Gasteiger partial charge in [-0.05, 0) is 58.0 Å². The van der Waals surface area contributed by atoms with Crippen LogP contribution in [0.1, 0.15) is 38.1 Å². The number of nitrogens with zero attached hydrogens (tertiary/aromatic N) is 1. The second-order valence-corrected chi connectivity index (χ2v) is 6.80. The molecular weight excluding hydrogens is 358 g/mol. The first-order valence-electron chi connectivity index (χ1n) is 9.22. The number of rotatable bonds is 8. The molecule has 6 nitrogen and oxygen atoms in total. The number of carbonyl (C=O) groups is 2. The van der Waals surface area contributed by atoms with Crippen molar-refractivity contribution in [1.29, 1.82) is 0 Å². The van der Waals surface area contributed by atoms with Crippen molar-refractivity contribution < 1.29 is 23.8 Å². The van der Waals surface area contributed by atoms with Crippen LogP contribution in [0.5, 0.6) is 11.5 Å². The normalized spacial score (nSPS) is 10.7. The average molecular weight is 385 g/mol. The summed E-state index contributed by atoms with van der Waals surface area (Å²) in [5, 5.41) is 0. The summed E-state index contributed by atoms with van der Waals surface area (Å²) in [5.74, 6) is 0.0866. The highest BCUT2D eigenvalue weighted by atomic mass is 16.5. The number of methoxy groups -OCH3 is 1. The molecule has 0 aliphatic carbocycles. The minimum Gasteiger partial charge on any atom is -0.493 e. The van der Waals surface area contributed by atoms with Gasteiger partial charge in [0, 0.05) is 11.7 Å². The Morgan fingerprint density at radius 3 is 2.21 bits per heavy atom. The quantitative estimate of drug-likeness (QED) is 0.641. The minimum absolute atomic E-state index is 0.0238. The Morgan fingerprint density at radius 2 is 1.64 bits per heavy atom. The van der Waals surface area contributed by atoms with Gasteiger partial charge in [-0.1, -0.05) is 18.2 Å². The van der Waals surface area contributed by atoms with Crippen molar-refractivity contribution in [2.45, 2.75) is 39.8 Å². The van der Waals surface area contributed by atoms with Gasteiger partial charge in [0.2, 0.25) is 0 Å². The second-order valence-electron chi connectivity index (χ2n) is 6.80. The lowest BCUT2D eigenvalue weighted by Crippen LogP contribution is -2.39. The van der Waals surface area contributed by atoms with Crippen molar-refractivity contribution in [3.63, 3.8) is 0 Å². The molecule has 150 valence electrons. The number of para-hydroxylation sites is 1. The molecule has 1 amide bonds. The van der Waals surface area contributed by atoms with E-state index < -0.39 is 5.97 Å². The van der Waals surface area contributed by atoms with Gasteiger partial charge in [0.15, 0.2) is 18.1 Å². The van der Waals surface area contributed by atoms with Gasteiger partial charge >= 0.3 is 5.97 Å². The van der Waals surface area contributed by atoms with Crippen LogP contribution in [0.2, 0.25) is 0 Å². The van der Waals surface area contributed by atoms with Crippen molar-refractivity contribution in [3.05, 3.63) is 54.1 Å². The van der Waals surface area contributed by atoms with E-state index in [2.05, 4.69) is 0 Å². The highest BCUT2D eigenvalue weighted by molar-refractivity contribution is 5.97. The number of anilines is 1. The van der Waals surface area contributed by atoms with Gasteiger partial charge in [0.25, 0.3) is 5.91 Å². The van der Waals surface area contributed by atoms with Crippen LogP contribution in [0, 0.1) is 0 Å². The fourth-order valence-electron chi connectivity index (χ4n) is 2.74. The molecule has 0 heterocycles. The second kappa shape index (κ2) is 9.78. The summed E-state index contributed by atoms with van der Waals surface area (Å²) in [5.41, 5.74) is 1.05. The number of hydrogen-bond acceptors (Lipinski definition) is 5. The van der Waals surface area contributed by atoms with Crippen molar-refractivity contribution >= 4 is 17.6 Å². The molecule has 0 atom stereocenters. The lowest BCUT2D eigenvalue weighted by atomic mass is 10.2. The largest absolute Gasteiger partial charge is 0.493 e. The molecule has 0 aliphatic heterocycles. The molecule has 6 heteroatoms. The molecule has 0 unspecified atom stereocenters. The summed E-state index contributed by atoms with van der Waals surface area (Å²) in [6.07, 6.45) is -0.0238. The van der Waals surface area contributed by atoms with Crippen molar-refractivity contribution in [1.82, 2.24) is 0 Å². The topological polar surface area (TPSA) is 65.1 Å². The number of ether oxygens (including phenoxy) is 3. The Bertz CT molecular complexity index is 802. The van der Waals surface area contributed by atoms with Crippen molar-refractivity contribution in [3.8, 4) is 11.5 Å². The minimum atomic E-state index is -0.598. The molecule has 0 fully saturated rings. The van der Waals surface area contributed by atoms with Gasteiger partial charge in [0.1, 0.15) is 0 Å². The van der Waals surface area contributed by atoms with Crippen LogP contribution in [0.25, 0.3) is 0 Å². The van der Waals surface area contributed by atoms with Crippen molar-refractivity contribution in [2.24, 2.45) is 0 Å². The zero-order valence-electron chi connectivity index (χ0n) is 17.0. The number of amides is 1. The molecule has 0 spiro atoms. The average Bonchev–Trinajstić information content (AvgIpc) is 2.66. The Hall–Kier alpha value is -3.02. The first-order valence-corrected chi connectivity index (χ1v) is 9.22. The third-order valence-electron chi connectivity index (χ3n) is 3.91. The molecular formula is C22H27NO5. The lowest BCUT2D eigenvalue weighted by molar-refractivity contribution is -0.122. The number of hydrogen-bond donors (Lipinski definition) is 0. The van der Waals surface area contributed by atoms with E-state index in [1.165, 1.54) is 7.11 Å². The Kier molecular flexibility index (Phi) is 7.44. The lowest BCUT2D eigenvalue weighted by Gasteiger charge is -2.26. The fraction of sp³-hybridized carbons (Fsp3) is 0.364. The first-order chi connectivity index (χ1) is 13.3. The number of esters is 1. The highest BCUT2D eigenvalue weighted by Gasteiger charge is 2.21. The molecule has 2 aromatic rings. The molecule has 0 radical (unpaired) electrons. The summed E-state index contributed by atoms with van der Waals surface area (Å²) < 4.78 is 16.2. The third kappa shape index (κ3) is 5.49. The van der Waals surface area contributed by atoms with E-state index in [1.54, 1.807) is 23.1 Å². The summed E-state index contributed by atoms with van der Waals surface area (Å²) >= 11 is 0. The SMILES string of the molecule is COc1cc(C(=O)OCC(=O)N(c2ccccc2)C(C)C)ccc1OC(C)C. The Labute approximate surface area is 166 Å². The molecule has 0 saturated carbocycles. The van der Waals surface area contributed by atoms with E-state index in [1.807, 2.05) is 58.0 Å². The molecule has 0 saturated heterocycles. The summed E-state index contributed by atoms with van der Waals surface area (Å²) in [7, 11) is 1.50. The zero-order chi connectivity index (χ0) is 20.7. The third-order valence-corrected chi connectivity index (χ3v) is 3.91. The summed E-state index contributed by atoms with van der Waals surface area (Å²) in [4.78, 5) is 26.6.